The maximum absolute atomic E-state index is 13.0. The van der Waals surface area contributed by atoms with Crippen LogP contribution >= 0.6 is 0 Å². The van der Waals surface area contributed by atoms with E-state index in [1.807, 2.05) is 6.07 Å². The van der Waals surface area contributed by atoms with Gasteiger partial charge in [-0.3, -0.25) is 4.79 Å². The van der Waals surface area contributed by atoms with E-state index in [4.69, 9.17) is 4.98 Å². The van der Waals surface area contributed by atoms with Gasteiger partial charge in [-0.2, -0.15) is 0 Å². The Labute approximate surface area is 204 Å². The molecule has 0 aliphatic carbocycles. The van der Waals surface area contributed by atoms with Crippen LogP contribution in [0.15, 0.2) is 91.0 Å². The summed E-state index contributed by atoms with van der Waals surface area (Å²) in [4.78, 5) is 17.1. The Morgan fingerprint density at radius 3 is 2.46 bits per heavy atom. The van der Waals surface area contributed by atoms with Crippen LogP contribution < -0.4 is 5.32 Å². The predicted molar refractivity (Wildman–Crippen MR) is 139 cm³/mol. The van der Waals surface area contributed by atoms with Crippen molar-refractivity contribution in [3.63, 3.8) is 0 Å². The standard InChI is InChI=1S/C30H28FN3O/c31-26-17-15-24(16-18-26)30(35)32-19-7-1-2-12-29-33-27-10-5-6-11-28(27)34(29)21-22-13-14-23-8-3-4-9-25(23)20-22/h3-6,8-11,13-18,20H,1-2,7,12,19,21H2,(H,32,35). The quantitative estimate of drug-likeness (QED) is 0.252. The lowest BCUT2D eigenvalue weighted by Crippen LogP contribution is -2.24. The van der Waals surface area contributed by atoms with E-state index in [0.717, 1.165) is 49.1 Å². The topological polar surface area (TPSA) is 46.9 Å². The Balaban J connectivity index is 1.20. The molecular formula is C30H28FN3O. The van der Waals surface area contributed by atoms with E-state index in [2.05, 4.69) is 70.5 Å². The number of para-hydroxylation sites is 2. The van der Waals surface area contributed by atoms with Crippen molar-refractivity contribution in [3.8, 4) is 0 Å². The van der Waals surface area contributed by atoms with Gasteiger partial charge in [0.1, 0.15) is 11.6 Å². The van der Waals surface area contributed by atoms with Gasteiger partial charge < -0.3 is 9.88 Å². The molecule has 4 aromatic carbocycles. The molecule has 1 heterocycles. The molecule has 0 aliphatic heterocycles. The molecule has 0 bridgehead atoms. The molecule has 0 atom stereocenters. The van der Waals surface area contributed by atoms with Gasteiger partial charge in [0.25, 0.3) is 5.91 Å². The molecule has 5 rings (SSSR count). The van der Waals surface area contributed by atoms with Crippen LogP contribution in [0.2, 0.25) is 0 Å². The van der Waals surface area contributed by atoms with E-state index in [9.17, 15) is 9.18 Å². The number of imidazole rings is 1. The molecule has 0 aliphatic rings. The third-order valence-electron chi connectivity index (χ3n) is 6.36. The van der Waals surface area contributed by atoms with E-state index in [1.165, 1.54) is 40.6 Å². The van der Waals surface area contributed by atoms with Crippen LogP contribution in [0.1, 0.15) is 41.0 Å². The highest BCUT2D eigenvalue weighted by atomic mass is 19.1. The SMILES string of the molecule is O=C(NCCCCCc1nc2ccccc2n1Cc1ccc2ccccc2c1)c1ccc(F)cc1. The summed E-state index contributed by atoms with van der Waals surface area (Å²) in [5.41, 5.74) is 3.92. The number of hydrogen-bond acceptors (Lipinski definition) is 2. The summed E-state index contributed by atoms with van der Waals surface area (Å²) in [7, 11) is 0. The lowest BCUT2D eigenvalue weighted by molar-refractivity contribution is 0.0953. The highest BCUT2D eigenvalue weighted by molar-refractivity contribution is 5.94. The van der Waals surface area contributed by atoms with Crippen LogP contribution in [0.4, 0.5) is 4.39 Å². The van der Waals surface area contributed by atoms with Crippen molar-refractivity contribution in [1.29, 1.82) is 0 Å². The first-order valence-corrected chi connectivity index (χ1v) is 12.1. The van der Waals surface area contributed by atoms with Crippen LogP contribution in [-0.4, -0.2) is 22.0 Å². The molecule has 1 aromatic heterocycles. The molecule has 5 aromatic rings. The smallest absolute Gasteiger partial charge is 0.251 e. The summed E-state index contributed by atoms with van der Waals surface area (Å²) < 4.78 is 15.4. The number of halogens is 1. The van der Waals surface area contributed by atoms with Crippen LogP contribution in [0.3, 0.4) is 0 Å². The molecule has 0 spiro atoms. The van der Waals surface area contributed by atoms with Gasteiger partial charge in [0, 0.05) is 25.1 Å². The second-order valence-electron chi connectivity index (χ2n) is 8.86. The van der Waals surface area contributed by atoms with E-state index in [0.29, 0.717) is 12.1 Å². The van der Waals surface area contributed by atoms with Gasteiger partial charge in [-0.25, -0.2) is 9.37 Å². The van der Waals surface area contributed by atoms with Crippen molar-refractivity contribution in [1.82, 2.24) is 14.9 Å². The molecule has 0 saturated carbocycles. The number of hydrogen-bond donors (Lipinski definition) is 1. The second-order valence-corrected chi connectivity index (χ2v) is 8.86. The van der Waals surface area contributed by atoms with Crippen molar-refractivity contribution >= 4 is 27.7 Å². The van der Waals surface area contributed by atoms with Gasteiger partial charge in [-0.15, -0.1) is 0 Å². The van der Waals surface area contributed by atoms with Crippen molar-refractivity contribution in [2.75, 3.05) is 6.54 Å². The third kappa shape index (κ3) is 5.40. The van der Waals surface area contributed by atoms with Crippen molar-refractivity contribution in [2.45, 2.75) is 32.2 Å². The monoisotopic (exact) mass is 465 g/mol. The minimum atomic E-state index is -0.340. The lowest BCUT2D eigenvalue weighted by atomic mass is 10.1. The minimum absolute atomic E-state index is 0.165. The highest BCUT2D eigenvalue weighted by Gasteiger charge is 2.11. The van der Waals surface area contributed by atoms with Gasteiger partial charge in [0.2, 0.25) is 0 Å². The summed E-state index contributed by atoms with van der Waals surface area (Å²) in [6.07, 6.45) is 3.75. The number of aryl methyl sites for hydroxylation is 1. The van der Waals surface area contributed by atoms with E-state index < -0.39 is 0 Å². The Kier molecular flexibility index (Phi) is 6.85. The first-order chi connectivity index (χ1) is 17.2. The Hall–Kier alpha value is -3.99. The van der Waals surface area contributed by atoms with Crippen LogP contribution in [0, 0.1) is 5.82 Å². The zero-order valence-corrected chi connectivity index (χ0v) is 19.6. The molecule has 1 N–H and O–H groups in total. The Morgan fingerprint density at radius 1 is 0.829 bits per heavy atom. The molecule has 0 radical (unpaired) electrons. The third-order valence-corrected chi connectivity index (χ3v) is 6.36. The number of nitrogens with one attached hydrogen (secondary N) is 1. The number of amides is 1. The molecule has 35 heavy (non-hydrogen) atoms. The van der Waals surface area contributed by atoms with Gasteiger partial charge in [0.05, 0.1) is 11.0 Å². The molecule has 0 saturated heterocycles. The largest absolute Gasteiger partial charge is 0.352 e. The molecule has 5 heteroatoms. The normalized spacial score (nSPS) is 11.2. The average molecular weight is 466 g/mol. The predicted octanol–water partition coefficient (Wildman–Crippen LogP) is 6.52. The van der Waals surface area contributed by atoms with Crippen LogP contribution in [0.5, 0.6) is 0 Å². The van der Waals surface area contributed by atoms with Crippen LogP contribution in [-0.2, 0) is 13.0 Å². The molecule has 0 fully saturated rings. The molecule has 4 nitrogen and oxygen atoms in total. The number of carbonyl (C=O) groups excluding carboxylic acids is 1. The van der Waals surface area contributed by atoms with E-state index >= 15 is 0 Å². The Morgan fingerprint density at radius 2 is 1.60 bits per heavy atom. The van der Waals surface area contributed by atoms with Gasteiger partial charge in [-0.1, -0.05) is 55.0 Å². The average Bonchev–Trinajstić information content (AvgIpc) is 3.23. The number of unbranched alkanes of at least 4 members (excludes halogenated alkanes) is 2. The van der Waals surface area contributed by atoms with E-state index in [-0.39, 0.29) is 11.7 Å². The zero-order valence-electron chi connectivity index (χ0n) is 19.6. The van der Waals surface area contributed by atoms with E-state index in [1.54, 1.807) is 0 Å². The molecule has 176 valence electrons. The number of benzene rings is 4. The number of aromatic nitrogens is 2. The fourth-order valence-electron chi connectivity index (χ4n) is 4.50. The Bertz CT molecular complexity index is 1460. The fraction of sp³-hybridized carbons (Fsp3) is 0.200. The summed E-state index contributed by atoms with van der Waals surface area (Å²) in [6.45, 7) is 1.39. The lowest BCUT2D eigenvalue weighted by Gasteiger charge is -2.11. The minimum Gasteiger partial charge on any atom is -0.352 e. The second kappa shape index (κ2) is 10.5. The van der Waals surface area contributed by atoms with Gasteiger partial charge in [0.15, 0.2) is 0 Å². The summed E-state index contributed by atoms with van der Waals surface area (Å²) in [6, 6.07) is 29.0. The fourth-order valence-corrected chi connectivity index (χ4v) is 4.50. The first-order valence-electron chi connectivity index (χ1n) is 12.1. The molecule has 0 unspecified atom stereocenters. The number of carbonyl (C=O) groups is 1. The summed E-state index contributed by atoms with van der Waals surface area (Å²) >= 11 is 0. The maximum Gasteiger partial charge on any atom is 0.251 e. The first kappa shape index (κ1) is 22.8. The number of fused-ring (bicyclic) bond motifs is 2. The highest BCUT2D eigenvalue weighted by Crippen LogP contribution is 2.22. The van der Waals surface area contributed by atoms with Crippen molar-refractivity contribution in [3.05, 3.63) is 114 Å². The van der Waals surface area contributed by atoms with Crippen molar-refractivity contribution in [2.24, 2.45) is 0 Å². The zero-order chi connectivity index (χ0) is 24.0. The summed E-state index contributed by atoms with van der Waals surface area (Å²) in [5, 5.41) is 5.41. The number of nitrogens with zero attached hydrogens (tertiary/aromatic N) is 2. The summed E-state index contributed by atoms with van der Waals surface area (Å²) in [5.74, 6) is 0.588. The number of rotatable bonds is 9. The van der Waals surface area contributed by atoms with Crippen molar-refractivity contribution < 1.29 is 9.18 Å². The van der Waals surface area contributed by atoms with Crippen LogP contribution in [0.25, 0.3) is 21.8 Å². The maximum atomic E-state index is 13.0. The molecular weight excluding hydrogens is 437 g/mol. The van der Waals surface area contributed by atoms with Gasteiger partial charge in [-0.05, 0) is 71.6 Å². The van der Waals surface area contributed by atoms with Gasteiger partial charge >= 0.3 is 0 Å². The molecule has 1 amide bonds.